The number of carbonyl (C=O) groups excluding carboxylic acids is 1. The fourth-order valence-electron chi connectivity index (χ4n) is 2.51. The van der Waals surface area contributed by atoms with Gasteiger partial charge in [0.25, 0.3) is 0 Å². The maximum atomic E-state index is 11.6. The molecule has 0 spiro atoms. The average molecular weight is 350 g/mol. The Kier molecular flexibility index (Phi) is 9.43. The van der Waals surface area contributed by atoms with Crippen molar-refractivity contribution in [2.45, 2.75) is 46.1 Å². The zero-order valence-electron chi connectivity index (χ0n) is 15.1. The second kappa shape index (κ2) is 11.1. The fourth-order valence-corrected chi connectivity index (χ4v) is 2.66. The largest absolute Gasteiger partial charge is 0.380 e. The predicted molar refractivity (Wildman–Crippen MR) is 102 cm³/mol. The van der Waals surface area contributed by atoms with Gasteiger partial charge in [-0.3, -0.25) is 4.79 Å². The molecule has 1 rings (SSSR count). The molecule has 0 saturated carbocycles. The Morgan fingerprint density at radius 2 is 2.12 bits per heavy atom. The van der Waals surface area contributed by atoms with Crippen molar-refractivity contribution in [1.82, 2.24) is 5.32 Å². The molecular formula is C20H28ClNO2. The highest BCUT2D eigenvalue weighted by Crippen LogP contribution is 2.26. The number of nitrogens with one attached hydrogen (secondary N) is 1. The second-order valence-corrected chi connectivity index (χ2v) is 6.11. The van der Waals surface area contributed by atoms with Crippen molar-refractivity contribution < 1.29 is 9.53 Å². The van der Waals surface area contributed by atoms with Gasteiger partial charge >= 0.3 is 0 Å². The Labute approximate surface area is 150 Å². The number of allylic oxidation sites excluding steroid dienone is 7. The SMILES string of the molecule is CC/C=C(C1=CCC=C(Cl)C=C1)\C(=C/C(C)NC(=O)CC)COC. The maximum absolute atomic E-state index is 11.6. The number of methoxy groups -OCH3 is 1. The molecule has 4 heteroatoms. The standard InChI is InChI=1S/C20H28ClNO2/c1-5-8-19(16-9-7-10-18(21)12-11-16)17(14-24-4)13-15(3)22-20(23)6-2/h8-13,15H,5-7,14H2,1-4H3,(H,22,23)/b17-13-,19-8-. The first kappa shape index (κ1) is 20.5. The minimum atomic E-state index is -0.0556. The molecule has 1 amide bonds. The minimum absolute atomic E-state index is 0.0427. The van der Waals surface area contributed by atoms with Gasteiger partial charge in [-0.1, -0.05) is 55.8 Å². The zero-order chi connectivity index (χ0) is 17.9. The van der Waals surface area contributed by atoms with Crippen LogP contribution >= 0.6 is 11.6 Å². The average Bonchev–Trinajstić information content (AvgIpc) is 2.76. The minimum Gasteiger partial charge on any atom is -0.380 e. The van der Waals surface area contributed by atoms with E-state index in [1.54, 1.807) is 7.11 Å². The molecule has 24 heavy (non-hydrogen) atoms. The monoisotopic (exact) mass is 349 g/mol. The van der Waals surface area contributed by atoms with E-state index in [0.717, 1.165) is 34.6 Å². The molecule has 0 heterocycles. The van der Waals surface area contributed by atoms with E-state index < -0.39 is 0 Å². The van der Waals surface area contributed by atoms with E-state index in [2.05, 4.69) is 30.5 Å². The van der Waals surface area contributed by atoms with Gasteiger partial charge in [-0.15, -0.1) is 0 Å². The number of ether oxygens (including phenoxy) is 1. The van der Waals surface area contributed by atoms with E-state index in [-0.39, 0.29) is 11.9 Å². The van der Waals surface area contributed by atoms with Crippen molar-refractivity contribution in [3.8, 4) is 0 Å². The van der Waals surface area contributed by atoms with Crippen molar-refractivity contribution in [2.75, 3.05) is 13.7 Å². The molecule has 0 aromatic rings. The summed E-state index contributed by atoms with van der Waals surface area (Å²) in [5.41, 5.74) is 3.33. The lowest BCUT2D eigenvalue weighted by atomic mass is 9.94. The summed E-state index contributed by atoms with van der Waals surface area (Å²) in [4.78, 5) is 11.6. The van der Waals surface area contributed by atoms with Crippen molar-refractivity contribution in [3.63, 3.8) is 0 Å². The van der Waals surface area contributed by atoms with Gasteiger partial charge in [0.15, 0.2) is 0 Å². The third-order valence-corrected chi connectivity index (χ3v) is 3.88. The molecule has 0 aromatic carbocycles. The van der Waals surface area contributed by atoms with E-state index in [4.69, 9.17) is 16.3 Å². The molecule has 0 radical (unpaired) electrons. The quantitative estimate of drug-likeness (QED) is 0.638. The molecule has 1 atom stereocenters. The molecule has 0 bridgehead atoms. The Balaban J connectivity index is 3.12. The Morgan fingerprint density at radius 1 is 1.38 bits per heavy atom. The number of amides is 1. The maximum Gasteiger partial charge on any atom is 0.220 e. The van der Waals surface area contributed by atoms with E-state index >= 15 is 0 Å². The van der Waals surface area contributed by atoms with E-state index in [1.807, 2.05) is 32.1 Å². The smallest absolute Gasteiger partial charge is 0.220 e. The lowest BCUT2D eigenvalue weighted by molar-refractivity contribution is -0.121. The zero-order valence-corrected chi connectivity index (χ0v) is 15.8. The van der Waals surface area contributed by atoms with Gasteiger partial charge in [0.1, 0.15) is 0 Å². The van der Waals surface area contributed by atoms with Gasteiger partial charge in [-0.25, -0.2) is 0 Å². The van der Waals surface area contributed by atoms with Crippen LogP contribution in [0, 0.1) is 0 Å². The first-order valence-corrected chi connectivity index (χ1v) is 8.83. The number of hydrogen-bond donors (Lipinski definition) is 1. The molecule has 132 valence electrons. The molecule has 3 nitrogen and oxygen atoms in total. The number of carbonyl (C=O) groups is 1. The van der Waals surface area contributed by atoms with E-state index in [0.29, 0.717) is 13.0 Å². The van der Waals surface area contributed by atoms with Crippen LogP contribution in [0.1, 0.15) is 40.0 Å². The molecule has 0 saturated heterocycles. The summed E-state index contributed by atoms with van der Waals surface area (Å²) in [5.74, 6) is 0.0427. The third kappa shape index (κ3) is 6.90. The molecule has 0 fully saturated rings. The third-order valence-electron chi connectivity index (χ3n) is 3.60. The summed E-state index contributed by atoms with van der Waals surface area (Å²) in [5, 5.41) is 3.72. The Morgan fingerprint density at radius 3 is 2.75 bits per heavy atom. The normalized spacial score (nSPS) is 17.0. The van der Waals surface area contributed by atoms with Crippen LogP contribution in [0.3, 0.4) is 0 Å². The highest BCUT2D eigenvalue weighted by molar-refractivity contribution is 6.31. The van der Waals surface area contributed by atoms with Crippen LogP contribution in [0.15, 0.2) is 58.2 Å². The molecule has 0 aliphatic heterocycles. The molecule has 1 N–H and O–H groups in total. The van der Waals surface area contributed by atoms with Crippen molar-refractivity contribution in [1.29, 1.82) is 0 Å². The van der Waals surface area contributed by atoms with Crippen molar-refractivity contribution in [3.05, 3.63) is 58.2 Å². The molecular weight excluding hydrogens is 322 g/mol. The molecule has 0 aromatic heterocycles. The lowest BCUT2D eigenvalue weighted by Gasteiger charge is -2.17. The summed E-state index contributed by atoms with van der Waals surface area (Å²) < 4.78 is 5.39. The van der Waals surface area contributed by atoms with Crippen LogP contribution in [0.2, 0.25) is 0 Å². The summed E-state index contributed by atoms with van der Waals surface area (Å²) in [6, 6.07) is -0.0556. The first-order chi connectivity index (χ1) is 11.5. The summed E-state index contributed by atoms with van der Waals surface area (Å²) >= 11 is 6.10. The summed E-state index contributed by atoms with van der Waals surface area (Å²) in [6.07, 6.45) is 14.5. The Bertz CT molecular complexity index is 582. The van der Waals surface area contributed by atoms with Crippen molar-refractivity contribution in [2.24, 2.45) is 0 Å². The summed E-state index contributed by atoms with van der Waals surface area (Å²) in [7, 11) is 1.68. The molecule has 1 aliphatic carbocycles. The molecule has 1 aliphatic rings. The first-order valence-electron chi connectivity index (χ1n) is 8.45. The van der Waals surface area contributed by atoms with Crippen LogP contribution in [-0.2, 0) is 9.53 Å². The highest BCUT2D eigenvalue weighted by atomic mass is 35.5. The number of halogens is 1. The van der Waals surface area contributed by atoms with Gasteiger partial charge in [-0.2, -0.15) is 0 Å². The van der Waals surface area contributed by atoms with Crippen LogP contribution in [0.5, 0.6) is 0 Å². The Hall–Kier alpha value is -1.58. The lowest BCUT2D eigenvalue weighted by Crippen LogP contribution is -2.30. The van der Waals surface area contributed by atoms with Crippen LogP contribution in [0.4, 0.5) is 0 Å². The number of hydrogen-bond acceptors (Lipinski definition) is 2. The van der Waals surface area contributed by atoms with Gasteiger partial charge in [-0.05, 0) is 42.6 Å². The van der Waals surface area contributed by atoms with Crippen molar-refractivity contribution >= 4 is 17.5 Å². The fraction of sp³-hybridized carbons (Fsp3) is 0.450. The second-order valence-electron chi connectivity index (χ2n) is 5.68. The van der Waals surface area contributed by atoms with Crippen LogP contribution < -0.4 is 5.32 Å². The van der Waals surface area contributed by atoms with Crippen LogP contribution in [0.25, 0.3) is 0 Å². The summed E-state index contributed by atoms with van der Waals surface area (Å²) in [6.45, 7) is 6.42. The van der Waals surface area contributed by atoms with E-state index in [1.165, 1.54) is 0 Å². The highest BCUT2D eigenvalue weighted by Gasteiger charge is 2.12. The number of rotatable bonds is 8. The van der Waals surface area contributed by atoms with Gasteiger partial charge < -0.3 is 10.1 Å². The molecule has 1 unspecified atom stereocenters. The predicted octanol–water partition coefficient (Wildman–Crippen LogP) is 4.82. The topological polar surface area (TPSA) is 38.3 Å². The van der Waals surface area contributed by atoms with Crippen LogP contribution in [-0.4, -0.2) is 25.7 Å². The van der Waals surface area contributed by atoms with Gasteiger partial charge in [0.2, 0.25) is 5.91 Å². The van der Waals surface area contributed by atoms with E-state index in [9.17, 15) is 4.79 Å². The van der Waals surface area contributed by atoms with Gasteiger partial charge in [0, 0.05) is 24.6 Å². The van der Waals surface area contributed by atoms with Gasteiger partial charge in [0.05, 0.1) is 6.61 Å².